The highest BCUT2D eigenvalue weighted by Gasteiger charge is 2.52. The van der Waals surface area contributed by atoms with E-state index < -0.39 is 5.41 Å². The van der Waals surface area contributed by atoms with Gasteiger partial charge in [-0.05, 0) is 130 Å². The molecular weight excluding hydrogens is 679 g/mol. The van der Waals surface area contributed by atoms with E-state index in [0.717, 1.165) is 57.1 Å². The van der Waals surface area contributed by atoms with Gasteiger partial charge in [0.15, 0.2) is 12.1 Å². The second-order valence-electron chi connectivity index (χ2n) is 14.2. The summed E-state index contributed by atoms with van der Waals surface area (Å²) in [7, 11) is 0. The van der Waals surface area contributed by atoms with E-state index in [4.69, 9.17) is 0 Å². The van der Waals surface area contributed by atoms with Gasteiger partial charge in [-0.2, -0.15) is 0 Å². The number of fused-ring (bicyclic) bond motifs is 10. The maximum Gasteiger partial charge on any atom is 0.196 e. The number of ketones is 1. The van der Waals surface area contributed by atoms with Crippen molar-refractivity contribution in [2.75, 3.05) is 4.90 Å². The van der Waals surface area contributed by atoms with Gasteiger partial charge in [0.2, 0.25) is 0 Å². The molecule has 3 nitrogen and oxygen atoms in total. The third kappa shape index (κ3) is 5.08. The molecule has 9 rings (SSSR count). The number of carbonyl (C=O) groups excluding carboxylic acids is 2. The van der Waals surface area contributed by atoms with Gasteiger partial charge in [-0.25, -0.2) is 0 Å². The molecule has 0 aliphatic heterocycles. The highest BCUT2D eigenvalue weighted by molar-refractivity contribution is 7.16. The molecule has 0 unspecified atom stereocenters. The standard InChI is InChI=1S/C50H39NO2S/c1-4-33-26-32(3)43(28-34(33)5-2)48(53)35(31-52)27-39-30-47-49(54-39)42-25-24-38(51(36-16-8-6-9-17-36)37-18-10-7-11-19-37)29-46(42)50(47)44-22-14-12-20-40(44)41-21-13-15-23-45(41)50/h6-31H,4-5H2,1-3H3/b35-27-. The molecule has 0 bridgehead atoms. The van der Waals surface area contributed by atoms with Crippen molar-refractivity contribution in [3.8, 4) is 21.6 Å². The summed E-state index contributed by atoms with van der Waals surface area (Å²) in [6.45, 7) is 6.21. The summed E-state index contributed by atoms with van der Waals surface area (Å²) in [4.78, 5) is 31.1. The third-order valence-electron chi connectivity index (χ3n) is 11.3. The molecule has 0 fully saturated rings. The van der Waals surface area contributed by atoms with Crippen LogP contribution in [0.25, 0.3) is 27.6 Å². The van der Waals surface area contributed by atoms with Crippen LogP contribution in [-0.2, 0) is 23.1 Å². The van der Waals surface area contributed by atoms with Gasteiger partial charge in [-0.1, -0.05) is 111 Å². The van der Waals surface area contributed by atoms with Gasteiger partial charge in [-0.3, -0.25) is 9.59 Å². The van der Waals surface area contributed by atoms with Crippen LogP contribution in [0.3, 0.4) is 0 Å². The van der Waals surface area contributed by atoms with Crippen molar-refractivity contribution in [2.24, 2.45) is 0 Å². The number of aryl methyl sites for hydroxylation is 3. The number of aldehydes is 1. The molecule has 1 heterocycles. The molecule has 7 aromatic rings. The Labute approximate surface area is 320 Å². The van der Waals surface area contributed by atoms with Crippen LogP contribution in [-0.4, -0.2) is 12.1 Å². The van der Waals surface area contributed by atoms with Crippen molar-refractivity contribution >= 4 is 46.5 Å². The van der Waals surface area contributed by atoms with Gasteiger partial charge in [0.05, 0.1) is 11.0 Å². The number of hydrogen-bond donors (Lipinski definition) is 0. The van der Waals surface area contributed by atoms with Crippen LogP contribution in [0.4, 0.5) is 17.1 Å². The van der Waals surface area contributed by atoms with Crippen molar-refractivity contribution in [1.82, 2.24) is 0 Å². The fraction of sp³-hybridized carbons (Fsp3) is 0.120. The Bertz CT molecular complexity index is 2550. The first-order chi connectivity index (χ1) is 26.5. The number of hydrogen-bond acceptors (Lipinski definition) is 4. The normalized spacial score (nSPS) is 13.3. The molecule has 0 N–H and O–H groups in total. The molecule has 0 radical (unpaired) electrons. The summed E-state index contributed by atoms with van der Waals surface area (Å²) in [5, 5.41) is 0. The van der Waals surface area contributed by atoms with E-state index in [0.29, 0.717) is 5.56 Å². The lowest BCUT2D eigenvalue weighted by Gasteiger charge is -2.32. The van der Waals surface area contributed by atoms with E-state index in [1.807, 2.05) is 13.0 Å². The number of anilines is 3. The lowest BCUT2D eigenvalue weighted by Crippen LogP contribution is -2.26. The number of carbonyl (C=O) groups is 2. The Morgan fingerprint density at radius 1 is 0.611 bits per heavy atom. The molecule has 1 spiro atoms. The van der Waals surface area contributed by atoms with Crippen LogP contribution < -0.4 is 4.90 Å². The zero-order valence-corrected chi connectivity index (χ0v) is 31.4. The maximum absolute atomic E-state index is 14.1. The second kappa shape index (κ2) is 13.4. The molecule has 0 saturated heterocycles. The van der Waals surface area contributed by atoms with E-state index in [-0.39, 0.29) is 11.4 Å². The predicted molar refractivity (Wildman–Crippen MR) is 224 cm³/mol. The average molecular weight is 718 g/mol. The number of para-hydroxylation sites is 2. The summed E-state index contributed by atoms with van der Waals surface area (Å²) < 4.78 is 0. The number of thiophene rings is 1. The second-order valence-corrected chi connectivity index (χ2v) is 15.2. The van der Waals surface area contributed by atoms with Crippen LogP contribution >= 0.6 is 11.3 Å². The number of allylic oxidation sites excluding steroid dienone is 1. The fourth-order valence-electron chi connectivity index (χ4n) is 8.88. The zero-order valence-electron chi connectivity index (χ0n) is 30.6. The van der Waals surface area contributed by atoms with Crippen molar-refractivity contribution in [2.45, 2.75) is 39.0 Å². The molecule has 0 saturated carbocycles. The predicted octanol–water partition coefficient (Wildman–Crippen LogP) is 12.5. The molecule has 1 aromatic heterocycles. The van der Waals surface area contributed by atoms with Crippen LogP contribution in [0.15, 0.2) is 151 Å². The highest BCUT2D eigenvalue weighted by atomic mass is 32.1. The maximum atomic E-state index is 14.1. The van der Waals surface area contributed by atoms with E-state index in [9.17, 15) is 9.59 Å². The van der Waals surface area contributed by atoms with Gasteiger partial charge in [0.1, 0.15) is 0 Å². The Morgan fingerprint density at radius 3 is 1.78 bits per heavy atom. The first-order valence-electron chi connectivity index (χ1n) is 18.7. The quantitative estimate of drug-likeness (QED) is 0.0490. The molecule has 2 aliphatic rings. The van der Waals surface area contributed by atoms with Crippen LogP contribution in [0.5, 0.6) is 0 Å². The average Bonchev–Trinajstić information content (AvgIpc) is 3.85. The molecule has 2 aliphatic carbocycles. The molecular formula is C50H39NO2S. The summed E-state index contributed by atoms with van der Waals surface area (Å²) >= 11 is 1.65. The van der Waals surface area contributed by atoms with E-state index in [2.05, 4.69) is 158 Å². The molecule has 4 heteroatoms. The minimum absolute atomic E-state index is 0.169. The van der Waals surface area contributed by atoms with Gasteiger partial charge in [-0.15, -0.1) is 11.3 Å². The zero-order chi connectivity index (χ0) is 37.0. The topological polar surface area (TPSA) is 37.4 Å². The smallest absolute Gasteiger partial charge is 0.196 e. The van der Waals surface area contributed by atoms with E-state index in [1.165, 1.54) is 44.5 Å². The first-order valence-corrected chi connectivity index (χ1v) is 19.5. The lowest BCUT2D eigenvalue weighted by molar-refractivity contribution is -0.104. The fourth-order valence-corrected chi connectivity index (χ4v) is 10.1. The van der Waals surface area contributed by atoms with Gasteiger partial charge < -0.3 is 4.90 Å². The van der Waals surface area contributed by atoms with Crippen molar-refractivity contribution in [1.29, 1.82) is 0 Å². The van der Waals surface area contributed by atoms with Gasteiger partial charge >= 0.3 is 0 Å². The summed E-state index contributed by atoms with van der Waals surface area (Å²) in [5.41, 5.74) is 15.3. The van der Waals surface area contributed by atoms with Crippen LogP contribution in [0.2, 0.25) is 0 Å². The van der Waals surface area contributed by atoms with Gasteiger partial charge in [0, 0.05) is 32.4 Å². The molecule has 54 heavy (non-hydrogen) atoms. The third-order valence-corrected chi connectivity index (χ3v) is 12.4. The van der Waals surface area contributed by atoms with E-state index in [1.54, 1.807) is 17.4 Å². The van der Waals surface area contributed by atoms with Crippen molar-refractivity contribution < 1.29 is 9.59 Å². The Morgan fingerprint density at radius 2 is 1.19 bits per heavy atom. The molecule has 6 aromatic carbocycles. The number of benzene rings is 6. The minimum Gasteiger partial charge on any atom is -0.310 e. The largest absolute Gasteiger partial charge is 0.310 e. The Balaban J connectivity index is 1.25. The van der Waals surface area contributed by atoms with E-state index >= 15 is 0 Å². The summed E-state index contributed by atoms with van der Waals surface area (Å²) in [5.74, 6) is -0.230. The summed E-state index contributed by atoms with van der Waals surface area (Å²) in [6.07, 6.45) is 4.27. The Kier molecular flexibility index (Phi) is 8.36. The SMILES string of the molecule is CCc1cc(C)c(C(=O)/C(C=O)=C\c2cc3c(s2)-c2ccc(N(c4ccccc4)c4ccccc4)cc2C32c3ccccc3-c3ccccc32)cc1CC. The highest BCUT2D eigenvalue weighted by Crippen LogP contribution is 2.65. The Hall–Kier alpha value is -6.10. The molecule has 0 amide bonds. The lowest BCUT2D eigenvalue weighted by atomic mass is 9.71. The first kappa shape index (κ1) is 33.7. The van der Waals surface area contributed by atoms with Crippen molar-refractivity contribution in [3.05, 3.63) is 201 Å². The number of rotatable bonds is 9. The molecule has 262 valence electrons. The minimum atomic E-state index is -0.580. The monoisotopic (exact) mass is 717 g/mol. The summed E-state index contributed by atoms with van der Waals surface area (Å²) in [6, 6.07) is 51.8. The number of Topliss-reactive ketones (excluding diaryl/α,β-unsaturated/α-hetero) is 1. The number of nitrogens with zero attached hydrogens (tertiary/aromatic N) is 1. The van der Waals surface area contributed by atoms with Crippen LogP contribution in [0, 0.1) is 6.92 Å². The van der Waals surface area contributed by atoms with Crippen molar-refractivity contribution in [3.63, 3.8) is 0 Å². The molecule has 0 atom stereocenters. The van der Waals surface area contributed by atoms with Gasteiger partial charge in [0.25, 0.3) is 0 Å². The van der Waals surface area contributed by atoms with Crippen LogP contribution in [0.1, 0.15) is 68.0 Å².